The molecule has 1 aliphatic heterocycles. The van der Waals surface area contributed by atoms with Crippen LogP contribution in [0, 0.1) is 0 Å². The lowest BCUT2D eigenvalue weighted by Gasteiger charge is -2.20. The smallest absolute Gasteiger partial charge is 0.0978 e. The number of nitrogens with one attached hydrogen (secondary N) is 1. The van der Waals surface area contributed by atoms with Crippen molar-refractivity contribution in [1.29, 1.82) is 0 Å². The van der Waals surface area contributed by atoms with Crippen LogP contribution in [0.15, 0.2) is 42.7 Å². The highest BCUT2D eigenvalue weighted by Gasteiger charge is 2.28. The van der Waals surface area contributed by atoms with Crippen molar-refractivity contribution >= 4 is 11.6 Å². The molecular weight excluding hydrogens is 274 g/mol. The average Bonchev–Trinajstić information content (AvgIpc) is 3.11. The Morgan fingerprint density at radius 3 is 2.95 bits per heavy atom. The van der Waals surface area contributed by atoms with Crippen LogP contribution in [0.2, 0.25) is 5.02 Å². The van der Waals surface area contributed by atoms with Gasteiger partial charge in [-0.05, 0) is 30.2 Å². The van der Waals surface area contributed by atoms with Crippen LogP contribution < -0.4 is 5.32 Å². The molecule has 3 rings (SSSR count). The molecule has 106 valence electrons. The van der Waals surface area contributed by atoms with Gasteiger partial charge in [0.1, 0.15) is 0 Å². The third-order valence-electron chi connectivity index (χ3n) is 3.60. The average molecular weight is 292 g/mol. The molecule has 1 N–H and O–H groups in total. The summed E-state index contributed by atoms with van der Waals surface area (Å²) in [4.78, 5) is 0. The van der Waals surface area contributed by atoms with Crippen LogP contribution in [0.5, 0.6) is 0 Å². The van der Waals surface area contributed by atoms with Crippen LogP contribution in [-0.2, 0) is 11.3 Å². The summed E-state index contributed by atoms with van der Waals surface area (Å²) in [7, 11) is 0. The van der Waals surface area contributed by atoms with Gasteiger partial charge in [-0.2, -0.15) is 5.10 Å². The minimum absolute atomic E-state index is 0.116. The molecule has 1 aromatic heterocycles. The standard InChI is InChI=1S/C15H18ClN3O/c16-13-4-2-12(3-5-13)15-14(6-11-20-15)17-8-10-19-9-1-7-18-19/h1-5,7,9,14-15,17H,6,8,10-11H2. The van der Waals surface area contributed by atoms with Crippen LogP contribution in [0.1, 0.15) is 18.1 Å². The van der Waals surface area contributed by atoms with Crippen LogP contribution in [0.4, 0.5) is 0 Å². The summed E-state index contributed by atoms with van der Waals surface area (Å²) >= 11 is 5.93. The number of rotatable bonds is 5. The first-order valence-electron chi connectivity index (χ1n) is 6.91. The first kappa shape index (κ1) is 13.6. The Bertz CT molecular complexity index is 527. The molecule has 0 radical (unpaired) electrons. The molecule has 1 aromatic carbocycles. The van der Waals surface area contributed by atoms with Gasteiger partial charge in [0.05, 0.1) is 12.6 Å². The molecular formula is C15H18ClN3O. The number of benzene rings is 1. The summed E-state index contributed by atoms with van der Waals surface area (Å²) in [6, 6.07) is 10.2. The summed E-state index contributed by atoms with van der Waals surface area (Å²) in [5.41, 5.74) is 1.18. The fourth-order valence-corrected chi connectivity index (χ4v) is 2.70. The van der Waals surface area contributed by atoms with Crippen molar-refractivity contribution in [1.82, 2.24) is 15.1 Å². The van der Waals surface area contributed by atoms with Crippen molar-refractivity contribution in [3.63, 3.8) is 0 Å². The zero-order valence-electron chi connectivity index (χ0n) is 11.2. The molecule has 4 nitrogen and oxygen atoms in total. The predicted octanol–water partition coefficient (Wildman–Crippen LogP) is 2.66. The second-order valence-electron chi connectivity index (χ2n) is 4.96. The van der Waals surface area contributed by atoms with Gasteiger partial charge >= 0.3 is 0 Å². The normalized spacial score (nSPS) is 22.2. The summed E-state index contributed by atoms with van der Waals surface area (Å²) in [5.74, 6) is 0. The quantitative estimate of drug-likeness (QED) is 0.920. The number of halogens is 1. The lowest BCUT2D eigenvalue weighted by atomic mass is 10.0. The van der Waals surface area contributed by atoms with E-state index in [1.165, 1.54) is 5.56 Å². The van der Waals surface area contributed by atoms with Crippen LogP contribution in [0.3, 0.4) is 0 Å². The maximum Gasteiger partial charge on any atom is 0.0978 e. The van der Waals surface area contributed by atoms with E-state index in [9.17, 15) is 0 Å². The molecule has 20 heavy (non-hydrogen) atoms. The lowest BCUT2D eigenvalue weighted by molar-refractivity contribution is 0.0986. The van der Waals surface area contributed by atoms with Gasteiger partial charge in [0.2, 0.25) is 0 Å². The molecule has 0 saturated carbocycles. The predicted molar refractivity (Wildman–Crippen MR) is 78.8 cm³/mol. The monoisotopic (exact) mass is 291 g/mol. The van der Waals surface area contributed by atoms with Crippen molar-refractivity contribution in [2.24, 2.45) is 0 Å². The summed E-state index contributed by atoms with van der Waals surface area (Å²) in [6.07, 6.45) is 4.93. The first-order chi connectivity index (χ1) is 9.83. The van der Waals surface area contributed by atoms with Crippen molar-refractivity contribution in [2.45, 2.75) is 25.1 Å². The lowest BCUT2D eigenvalue weighted by Crippen LogP contribution is -2.34. The van der Waals surface area contributed by atoms with Gasteiger partial charge in [-0.3, -0.25) is 4.68 Å². The van der Waals surface area contributed by atoms with E-state index in [0.29, 0.717) is 6.04 Å². The Morgan fingerprint density at radius 1 is 1.35 bits per heavy atom. The van der Waals surface area contributed by atoms with E-state index in [0.717, 1.165) is 31.1 Å². The molecule has 1 aliphatic rings. The highest BCUT2D eigenvalue weighted by atomic mass is 35.5. The van der Waals surface area contributed by atoms with E-state index in [1.807, 2.05) is 41.2 Å². The van der Waals surface area contributed by atoms with E-state index in [1.54, 1.807) is 6.20 Å². The van der Waals surface area contributed by atoms with Crippen molar-refractivity contribution in [3.8, 4) is 0 Å². The molecule has 2 heterocycles. The SMILES string of the molecule is Clc1ccc(C2OCCC2NCCn2cccn2)cc1. The number of ether oxygens (including phenoxy) is 1. The Hall–Kier alpha value is -1.36. The van der Waals surface area contributed by atoms with E-state index in [2.05, 4.69) is 10.4 Å². The summed E-state index contributed by atoms with van der Waals surface area (Å²) in [6.45, 7) is 2.56. The van der Waals surface area contributed by atoms with Gasteiger partial charge in [0, 0.05) is 36.6 Å². The topological polar surface area (TPSA) is 39.1 Å². The van der Waals surface area contributed by atoms with Crippen LogP contribution in [0.25, 0.3) is 0 Å². The Balaban J connectivity index is 1.56. The van der Waals surface area contributed by atoms with Gasteiger partial charge in [0.15, 0.2) is 0 Å². The van der Waals surface area contributed by atoms with Gasteiger partial charge in [-0.1, -0.05) is 23.7 Å². The molecule has 1 saturated heterocycles. The van der Waals surface area contributed by atoms with E-state index in [-0.39, 0.29) is 6.10 Å². The highest BCUT2D eigenvalue weighted by Crippen LogP contribution is 2.29. The molecule has 0 bridgehead atoms. The van der Waals surface area contributed by atoms with Crippen molar-refractivity contribution in [3.05, 3.63) is 53.3 Å². The zero-order valence-corrected chi connectivity index (χ0v) is 12.0. The zero-order chi connectivity index (χ0) is 13.8. The molecule has 2 aromatic rings. The fourth-order valence-electron chi connectivity index (χ4n) is 2.58. The van der Waals surface area contributed by atoms with E-state index in [4.69, 9.17) is 16.3 Å². The Kier molecular flexibility index (Phi) is 4.35. The van der Waals surface area contributed by atoms with Gasteiger partial charge in [-0.25, -0.2) is 0 Å². The highest BCUT2D eigenvalue weighted by molar-refractivity contribution is 6.30. The first-order valence-corrected chi connectivity index (χ1v) is 7.28. The van der Waals surface area contributed by atoms with Gasteiger partial charge in [0.25, 0.3) is 0 Å². The third kappa shape index (κ3) is 3.20. The number of nitrogens with zero attached hydrogens (tertiary/aromatic N) is 2. The van der Waals surface area contributed by atoms with Gasteiger partial charge < -0.3 is 10.1 Å². The maximum absolute atomic E-state index is 5.93. The minimum Gasteiger partial charge on any atom is -0.372 e. The third-order valence-corrected chi connectivity index (χ3v) is 3.85. The molecule has 0 amide bonds. The Labute approximate surface area is 123 Å². The van der Waals surface area contributed by atoms with Crippen molar-refractivity contribution in [2.75, 3.05) is 13.2 Å². The van der Waals surface area contributed by atoms with Crippen LogP contribution in [-0.4, -0.2) is 29.0 Å². The maximum atomic E-state index is 5.93. The number of hydrogen-bond donors (Lipinski definition) is 1. The summed E-state index contributed by atoms with van der Waals surface area (Å²) in [5, 5.41) is 8.52. The van der Waals surface area contributed by atoms with E-state index >= 15 is 0 Å². The fraction of sp³-hybridized carbons (Fsp3) is 0.400. The van der Waals surface area contributed by atoms with Crippen molar-refractivity contribution < 1.29 is 4.74 Å². The number of hydrogen-bond acceptors (Lipinski definition) is 3. The van der Waals surface area contributed by atoms with Gasteiger partial charge in [-0.15, -0.1) is 0 Å². The second-order valence-corrected chi connectivity index (χ2v) is 5.40. The van der Waals surface area contributed by atoms with Crippen LogP contribution >= 0.6 is 11.6 Å². The largest absolute Gasteiger partial charge is 0.372 e. The Morgan fingerprint density at radius 2 is 2.20 bits per heavy atom. The number of aromatic nitrogens is 2. The molecule has 1 fully saturated rings. The molecule has 0 spiro atoms. The molecule has 0 aliphatic carbocycles. The molecule has 5 heteroatoms. The molecule has 2 unspecified atom stereocenters. The summed E-state index contributed by atoms with van der Waals surface area (Å²) < 4.78 is 7.78. The molecule has 2 atom stereocenters. The second kappa shape index (κ2) is 6.39. The minimum atomic E-state index is 0.116. The van der Waals surface area contributed by atoms with E-state index < -0.39 is 0 Å².